The molecule has 6 heteroatoms. The van der Waals surface area contributed by atoms with Crippen molar-refractivity contribution in [3.8, 4) is 0 Å². The van der Waals surface area contributed by atoms with Crippen LogP contribution in [0, 0.1) is 5.41 Å². The van der Waals surface area contributed by atoms with Gasteiger partial charge in [0.15, 0.2) is 5.96 Å². The first kappa shape index (κ1) is 23.4. The van der Waals surface area contributed by atoms with Crippen LogP contribution in [0.15, 0.2) is 29.3 Å². The number of rotatable bonds is 11. The fraction of sp³-hybridized carbons (Fsp3) is 0.667. The van der Waals surface area contributed by atoms with Gasteiger partial charge in [0.25, 0.3) is 0 Å². The van der Waals surface area contributed by atoms with Gasteiger partial charge in [-0.05, 0) is 23.5 Å². The van der Waals surface area contributed by atoms with E-state index in [2.05, 4.69) is 60.7 Å². The Hall–Kier alpha value is -1.63. The number of methoxy groups -OCH3 is 1. The first-order valence-corrected chi connectivity index (χ1v) is 9.61. The van der Waals surface area contributed by atoms with E-state index in [4.69, 9.17) is 14.2 Å². The Bertz CT molecular complexity index is 556. The molecule has 0 aromatic heterocycles. The van der Waals surface area contributed by atoms with E-state index in [0.29, 0.717) is 32.9 Å². The van der Waals surface area contributed by atoms with Crippen molar-refractivity contribution >= 4 is 5.96 Å². The summed E-state index contributed by atoms with van der Waals surface area (Å²) in [5.74, 6) is 0.764. The minimum Gasteiger partial charge on any atom is -0.379 e. The maximum Gasteiger partial charge on any atom is 0.191 e. The molecule has 1 atom stereocenters. The molecule has 0 heterocycles. The van der Waals surface area contributed by atoms with Gasteiger partial charge in [-0.25, -0.2) is 0 Å². The zero-order valence-corrected chi connectivity index (χ0v) is 17.8. The van der Waals surface area contributed by atoms with Gasteiger partial charge in [0, 0.05) is 33.9 Å². The summed E-state index contributed by atoms with van der Waals surface area (Å²) in [5, 5.41) is 6.69. The number of hydrogen-bond acceptors (Lipinski definition) is 4. The number of aliphatic imine (C=N–C) groups is 1. The Morgan fingerprint density at radius 1 is 1.11 bits per heavy atom. The lowest BCUT2D eigenvalue weighted by atomic mass is 9.89. The summed E-state index contributed by atoms with van der Waals surface area (Å²) in [4.78, 5) is 4.29. The minimum absolute atomic E-state index is 0.0666. The monoisotopic (exact) mass is 379 g/mol. The van der Waals surface area contributed by atoms with E-state index in [-0.39, 0.29) is 11.5 Å². The van der Waals surface area contributed by atoms with Crippen molar-refractivity contribution in [2.24, 2.45) is 10.4 Å². The van der Waals surface area contributed by atoms with Crippen molar-refractivity contribution in [2.75, 3.05) is 40.5 Å². The second kappa shape index (κ2) is 12.7. The summed E-state index contributed by atoms with van der Waals surface area (Å²) in [7, 11) is 3.52. The third-order valence-corrected chi connectivity index (χ3v) is 4.23. The SMILES string of the molecule is CCOCCOCc1cccc(CNC(=NC)NCC(OC)C(C)(C)C)c1. The zero-order chi connectivity index (χ0) is 20.1. The third kappa shape index (κ3) is 9.75. The van der Waals surface area contributed by atoms with Crippen molar-refractivity contribution in [1.29, 1.82) is 0 Å². The smallest absolute Gasteiger partial charge is 0.191 e. The molecular weight excluding hydrogens is 342 g/mol. The van der Waals surface area contributed by atoms with Gasteiger partial charge in [-0.3, -0.25) is 4.99 Å². The highest BCUT2D eigenvalue weighted by atomic mass is 16.5. The largest absolute Gasteiger partial charge is 0.379 e. The molecule has 1 aromatic rings. The van der Waals surface area contributed by atoms with Gasteiger partial charge in [-0.1, -0.05) is 45.0 Å². The topological polar surface area (TPSA) is 64.1 Å². The molecule has 1 rings (SSSR count). The second-order valence-electron chi connectivity index (χ2n) is 7.47. The summed E-state index contributed by atoms with van der Waals surface area (Å²) in [6.45, 7) is 12.4. The van der Waals surface area contributed by atoms with Gasteiger partial charge in [-0.15, -0.1) is 0 Å². The van der Waals surface area contributed by atoms with Gasteiger partial charge in [0.2, 0.25) is 0 Å². The Kier molecular flexibility index (Phi) is 11.0. The van der Waals surface area contributed by atoms with Crippen LogP contribution in [0.3, 0.4) is 0 Å². The van der Waals surface area contributed by atoms with Crippen molar-refractivity contribution in [1.82, 2.24) is 10.6 Å². The number of nitrogens with one attached hydrogen (secondary N) is 2. The molecule has 0 fully saturated rings. The Morgan fingerprint density at radius 3 is 2.44 bits per heavy atom. The van der Waals surface area contributed by atoms with Crippen LogP contribution in [0.1, 0.15) is 38.8 Å². The molecule has 1 aromatic carbocycles. The molecule has 0 saturated heterocycles. The molecule has 0 aliphatic carbocycles. The predicted molar refractivity (Wildman–Crippen MR) is 111 cm³/mol. The van der Waals surface area contributed by atoms with Crippen molar-refractivity contribution in [3.63, 3.8) is 0 Å². The number of nitrogens with zero attached hydrogens (tertiary/aromatic N) is 1. The normalized spacial score (nSPS) is 13.5. The molecule has 0 aliphatic rings. The van der Waals surface area contributed by atoms with Gasteiger partial charge in [0.05, 0.1) is 25.9 Å². The molecule has 0 aliphatic heterocycles. The maximum atomic E-state index is 5.64. The summed E-state index contributed by atoms with van der Waals surface area (Å²) < 4.78 is 16.5. The average Bonchev–Trinajstić information content (AvgIpc) is 2.64. The van der Waals surface area contributed by atoms with Crippen LogP contribution < -0.4 is 10.6 Å². The molecule has 1 unspecified atom stereocenters. The minimum atomic E-state index is 0.0666. The lowest BCUT2D eigenvalue weighted by Crippen LogP contribution is -2.45. The molecule has 6 nitrogen and oxygen atoms in total. The lowest BCUT2D eigenvalue weighted by molar-refractivity contribution is 0.0205. The van der Waals surface area contributed by atoms with Gasteiger partial charge < -0.3 is 24.8 Å². The quantitative estimate of drug-likeness (QED) is 0.352. The highest BCUT2D eigenvalue weighted by Gasteiger charge is 2.24. The van der Waals surface area contributed by atoms with Crippen LogP contribution in [0.2, 0.25) is 0 Å². The van der Waals surface area contributed by atoms with Gasteiger partial charge in [0.1, 0.15) is 0 Å². The van der Waals surface area contributed by atoms with Crippen LogP contribution in [0.25, 0.3) is 0 Å². The summed E-state index contributed by atoms with van der Waals surface area (Å²) >= 11 is 0. The Morgan fingerprint density at radius 2 is 1.81 bits per heavy atom. The Labute approximate surface area is 164 Å². The fourth-order valence-electron chi connectivity index (χ4n) is 2.62. The standard InChI is InChI=1S/C21H37N3O3/c1-7-26-11-12-27-16-18-10-8-9-17(13-18)14-23-20(22-5)24-15-19(25-6)21(2,3)4/h8-10,13,19H,7,11-12,14-16H2,1-6H3,(H2,22,23,24). The first-order valence-electron chi connectivity index (χ1n) is 9.61. The van der Waals surface area contributed by atoms with Crippen molar-refractivity contribution in [3.05, 3.63) is 35.4 Å². The highest BCUT2D eigenvalue weighted by Crippen LogP contribution is 2.20. The maximum absolute atomic E-state index is 5.64. The fourth-order valence-corrected chi connectivity index (χ4v) is 2.62. The second-order valence-corrected chi connectivity index (χ2v) is 7.47. The first-order chi connectivity index (χ1) is 12.9. The van der Waals surface area contributed by atoms with Crippen LogP contribution in [0.4, 0.5) is 0 Å². The van der Waals surface area contributed by atoms with Gasteiger partial charge in [-0.2, -0.15) is 0 Å². The molecule has 0 bridgehead atoms. The van der Waals surface area contributed by atoms with Gasteiger partial charge >= 0.3 is 0 Å². The van der Waals surface area contributed by atoms with Crippen molar-refractivity contribution < 1.29 is 14.2 Å². The van der Waals surface area contributed by atoms with E-state index in [1.807, 2.05) is 6.92 Å². The van der Waals surface area contributed by atoms with Crippen LogP contribution in [0.5, 0.6) is 0 Å². The lowest BCUT2D eigenvalue weighted by Gasteiger charge is -2.30. The average molecular weight is 380 g/mol. The van der Waals surface area contributed by atoms with Crippen LogP contribution >= 0.6 is 0 Å². The zero-order valence-electron chi connectivity index (χ0n) is 17.8. The van der Waals surface area contributed by atoms with E-state index >= 15 is 0 Å². The van der Waals surface area contributed by atoms with E-state index in [1.54, 1.807) is 14.2 Å². The molecule has 154 valence electrons. The van der Waals surface area contributed by atoms with E-state index < -0.39 is 0 Å². The number of hydrogen-bond donors (Lipinski definition) is 2. The molecule has 0 spiro atoms. The Balaban J connectivity index is 2.45. The summed E-state index contributed by atoms with van der Waals surface area (Å²) in [6, 6.07) is 8.36. The number of guanidine groups is 1. The molecule has 2 N–H and O–H groups in total. The van der Waals surface area contributed by atoms with Crippen LogP contribution in [-0.4, -0.2) is 52.6 Å². The van der Waals surface area contributed by atoms with Crippen molar-refractivity contribution in [2.45, 2.75) is 47.0 Å². The van der Waals surface area contributed by atoms with E-state index in [9.17, 15) is 0 Å². The summed E-state index contributed by atoms with van der Waals surface area (Å²) in [5.41, 5.74) is 2.40. The molecule has 0 saturated carbocycles. The van der Waals surface area contributed by atoms with E-state index in [0.717, 1.165) is 18.1 Å². The molecule has 27 heavy (non-hydrogen) atoms. The summed E-state index contributed by atoms with van der Waals surface area (Å²) in [6.07, 6.45) is 0.105. The van der Waals surface area contributed by atoms with E-state index in [1.165, 1.54) is 5.56 Å². The molecule has 0 radical (unpaired) electrons. The van der Waals surface area contributed by atoms with Crippen LogP contribution in [-0.2, 0) is 27.4 Å². The third-order valence-electron chi connectivity index (χ3n) is 4.23. The number of ether oxygens (including phenoxy) is 3. The highest BCUT2D eigenvalue weighted by molar-refractivity contribution is 5.79. The molecular formula is C21H37N3O3. The molecule has 0 amide bonds. The number of benzene rings is 1. The predicted octanol–water partition coefficient (Wildman–Crippen LogP) is 2.97.